The number of rotatable bonds is 3. The van der Waals surface area contributed by atoms with E-state index in [1.54, 1.807) is 4.90 Å². The summed E-state index contributed by atoms with van der Waals surface area (Å²) in [5.74, 6) is 0. The highest BCUT2D eigenvalue weighted by atomic mass is 32.1. The SMILES string of the molecule is CC[NH+](CC)CC.O=C[S-]. The van der Waals surface area contributed by atoms with Crippen LogP contribution in [0, 0.1) is 0 Å². The first kappa shape index (κ1) is 12.5. The molecule has 0 fully saturated rings. The summed E-state index contributed by atoms with van der Waals surface area (Å²) in [7, 11) is 0. The molecule has 10 heavy (non-hydrogen) atoms. The van der Waals surface area contributed by atoms with Crippen LogP contribution in [0.25, 0.3) is 0 Å². The summed E-state index contributed by atoms with van der Waals surface area (Å²) in [6.45, 7) is 10.5. The summed E-state index contributed by atoms with van der Waals surface area (Å²) in [6.07, 6.45) is 0. The predicted molar refractivity (Wildman–Crippen MR) is 46.7 cm³/mol. The number of carbonyl (C=O) groups is 1. The van der Waals surface area contributed by atoms with Gasteiger partial charge in [-0.3, -0.25) is 0 Å². The van der Waals surface area contributed by atoms with Crippen LogP contribution in [-0.2, 0) is 17.4 Å². The van der Waals surface area contributed by atoms with Gasteiger partial charge in [-0.2, -0.15) is 0 Å². The maximum absolute atomic E-state index is 8.62. The fraction of sp³-hybridized carbons (Fsp3) is 0.857. The van der Waals surface area contributed by atoms with Gasteiger partial charge in [-0.25, -0.2) is 0 Å². The van der Waals surface area contributed by atoms with Gasteiger partial charge in [0.25, 0.3) is 0 Å². The third kappa shape index (κ3) is 10.8. The van der Waals surface area contributed by atoms with Crippen molar-refractivity contribution in [1.82, 2.24) is 0 Å². The molecule has 0 spiro atoms. The molecule has 62 valence electrons. The van der Waals surface area contributed by atoms with Crippen molar-refractivity contribution in [3.05, 3.63) is 0 Å². The van der Waals surface area contributed by atoms with Gasteiger partial charge in [0.05, 0.1) is 19.6 Å². The lowest BCUT2D eigenvalue weighted by molar-refractivity contribution is -0.894. The zero-order chi connectivity index (χ0) is 8.41. The van der Waals surface area contributed by atoms with Crippen molar-refractivity contribution in [2.75, 3.05) is 19.6 Å². The van der Waals surface area contributed by atoms with Gasteiger partial charge in [-0.05, 0) is 26.4 Å². The smallest absolute Gasteiger partial charge is 0.0742 e. The van der Waals surface area contributed by atoms with E-state index < -0.39 is 0 Å². The Morgan fingerprint density at radius 1 is 1.20 bits per heavy atom. The molecular formula is C7H17NOS. The average Bonchev–Trinajstić information content (AvgIpc) is 1.93. The van der Waals surface area contributed by atoms with Crippen LogP contribution >= 0.6 is 0 Å². The van der Waals surface area contributed by atoms with Crippen LogP contribution in [0.4, 0.5) is 0 Å². The zero-order valence-electron chi connectivity index (χ0n) is 7.02. The van der Waals surface area contributed by atoms with Crippen LogP contribution in [0.3, 0.4) is 0 Å². The molecule has 3 heteroatoms. The first-order valence-corrected chi connectivity index (χ1v) is 4.12. The highest BCUT2D eigenvalue weighted by Crippen LogP contribution is 1.45. The molecule has 0 aliphatic carbocycles. The molecule has 0 unspecified atom stereocenters. The van der Waals surface area contributed by atoms with Crippen LogP contribution in [-0.4, -0.2) is 25.3 Å². The number of nitrogens with one attached hydrogen (secondary N) is 1. The number of carbonyl (C=O) groups excluding carboxylic acids is 1. The maximum Gasteiger partial charge on any atom is 0.0742 e. The molecule has 0 heterocycles. The largest absolute Gasteiger partial charge is 0.746 e. The van der Waals surface area contributed by atoms with Crippen LogP contribution in [0.15, 0.2) is 0 Å². The Morgan fingerprint density at radius 3 is 1.40 bits per heavy atom. The summed E-state index contributed by atoms with van der Waals surface area (Å²) in [4.78, 5) is 10.3. The molecule has 0 radical (unpaired) electrons. The summed E-state index contributed by atoms with van der Waals surface area (Å²) >= 11 is 3.71. The van der Waals surface area contributed by atoms with E-state index in [-0.39, 0.29) is 0 Å². The molecule has 1 N–H and O–H groups in total. The van der Waals surface area contributed by atoms with Crippen LogP contribution in [0.2, 0.25) is 0 Å². The van der Waals surface area contributed by atoms with Gasteiger partial charge in [0.1, 0.15) is 0 Å². The van der Waals surface area contributed by atoms with E-state index in [0.717, 1.165) is 0 Å². The van der Waals surface area contributed by atoms with E-state index in [1.807, 2.05) is 0 Å². The summed E-state index contributed by atoms with van der Waals surface area (Å²) in [5.41, 5.74) is 0.333. The summed E-state index contributed by atoms with van der Waals surface area (Å²) in [5, 5.41) is 0. The minimum absolute atomic E-state index is 0.333. The number of quaternary nitrogens is 1. The Labute approximate surface area is 69.0 Å². The Kier molecular flexibility index (Phi) is 14.6. The molecule has 0 saturated carbocycles. The third-order valence-electron chi connectivity index (χ3n) is 1.50. The van der Waals surface area contributed by atoms with E-state index in [9.17, 15) is 0 Å². The Bertz CT molecular complexity index is 59.1. The van der Waals surface area contributed by atoms with E-state index >= 15 is 0 Å². The topological polar surface area (TPSA) is 21.5 Å². The molecule has 0 aromatic heterocycles. The van der Waals surface area contributed by atoms with Crippen molar-refractivity contribution in [2.45, 2.75) is 20.8 Å². The highest BCUT2D eigenvalue weighted by molar-refractivity contribution is 7.74. The molecule has 0 amide bonds. The number of hydrogen-bond donors (Lipinski definition) is 1. The molecule has 0 aromatic rings. The zero-order valence-corrected chi connectivity index (χ0v) is 7.83. The fourth-order valence-corrected chi connectivity index (χ4v) is 0.750. The van der Waals surface area contributed by atoms with Crippen molar-refractivity contribution < 1.29 is 9.69 Å². The highest BCUT2D eigenvalue weighted by Gasteiger charge is 1.92. The Hall–Kier alpha value is -0.150. The van der Waals surface area contributed by atoms with Gasteiger partial charge in [0, 0.05) is 0 Å². The molecule has 0 rings (SSSR count). The lowest BCUT2D eigenvalue weighted by Crippen LogP contribution is -3.11. The summed E-state index contributed by atoms with van der Waals surface area (Å²) < 4.78 is 0. The minimum atomic E-state index is 0.333. The monoisotopic (exact) mass is 163 g/mol. The van der Waals surface area contributed by atoms with E-state index in [2.05, 4.69) is 33.4 Å². The maximum atomic E-state index is 8.62. The van der Waals surface area contributed by atoms with Crippen LogP contribution < -0.4 is 4.90 Å². The van der Waals surface area contributed by atoms with Crippen molar-refractivity contribution in [2.24, 2.45) is 0 Å². The van der Waals surface area contributed by atoms with Crippen molar-refractivity contribution in [3.8, 4) is 0 Å². The normalized spacial score (nSPS) is 8.40. The van der Waals surface area contributed by atoms with Gasteiger partial charge >= 0.3 is 0 Å². The van der Waals surface area contributed by atoms with E-state index in [1.165, 1.54) is 19.6 Å². The molecule has 0 atom stereocenters. The second kappa shape index (κ2) is 11.6. The summed E-state index contributed by atoms with van der Waals surface area (Å²) in [6, 6.07) is 0. The predicted octanol–water partition coefficient (Wildman–Crippen LogP) is -0.345. The number of hydrogen-bond acceptors (Lipinski definition) is 2. The van der Waals surface area contributed by atoms with Crippen molar-refractivity contribution in [1.29, 1.82) is 0 Å². The lowest BCUT2D eigenvalue weighted by atomic mass is 10.5. The average molecular weight is 163 g/mol. The molecule has 2 nitrogen and oxygen atoms in total. The van der Waals surface area contributed by atoms with Gasteiger partial charge < -0.3 is 22.3 Å². The molecular weight excluding hydrogens is 146 g/mol. The molecule has 0 bridgehead atoms. The van der Waals surface area contributed by atoms with Gasteiger partial charge in [0.15, 0.2) is 0 Å². The van der Waals surface area contributed by atoms with E-state index in [0.29, 0.717) is 5.62 Å². The first-order chi connectivity index (χ1) is 4.76. The van der Waals surface area contributed by atoms with Crippen molar-refractivity contribution >= 4 is 18.2 Å². The van der Waals surface area contributed by atoms with Gasteiger partial charge in [-0.15, -0.1) is 0 Å². The van der Waals surface area contributed by atoms with Crippen molar-refractivity contribution in [3.63, 3.8) is 0 Å². The molecule has 0 saturated heterocycles. The Morgan fingerprint density at radius 2 is 1.40 bits per heavy atom. The van der Waals surface area contributed by atoms with Gasteiger partial charge in [-0.1, -0.05) is 0 Å². The van der Waals surface area contributed by atoms with E-state index in [4.69, 9.17) is 4.79 Å². The molecule has 0 aliphatic heterocycles. The Balaban J connectivity index is 0. The van der Waals surface area contributed by atoms with Crippen LogP contribution in [0.1, 0.15) is 20.8 Å². The van der Waals surface area contributed by atoms with Gasteiger partial charge in [0.2, 0.25) is 0 Å². The molecule has 0 aromatic carbocycles. The first-order valence-electron chi connectivity index (χ1n) is 3.65. The second-order valence-corrected chi connectivity index (χ2v) is 2.10. The fourth-order valence-electron chi connectivity index (χ4n) is 0.750. The second-order valence-electron chi connectivity index (χ2n) is 1.91. The lowest BCUT2D eigenvalue weighted by Gasteiger charge is -2.10. The molecule has 0 aliphatic rings. The standard InChI is InChI=1S/C6H15N.CH2OS/c1-4-7(5-2)6-3;2-1-3/h4-6H2,1-3H3;1H,(H,2,3). The quantitative estimate of drug-likeness (QED) is 0.454. The van der Waals surface area contributed by atoms with Crippen LogP contribution in [0.5, 0.6) is 0 Å². The minimum Gasteiger partial charge on any atom is -0.746 e. The third-order valence-corrected chi connectivity index (χ3v) is 1.50.